The molecule has 98 valence electrons. The lowest BCUT2D eigenvalue weighted by atomic mass is 9.97. The van der Waals surface area contributed by atoms with Gasteiger partial charge in [-0.15, -0.1) is 12.6 Å². The van der Waals surface area contributed by atoms with E-state index in [0.29, 0.717) is 23.4 Å². The van der Waals surface area contributed by atoms with E-state index in [2.05, 4.69) is 47.7 Å². The molecule has 0 bridgehead atoms. The molecule has 0 saturated heterocycles. The average molecular weight is 328 g/mol. The first-order valence-corrected chi connectivity index (χ1v) is 7.52. The summed E-state index contributed by atoms with van der Waals surface area (Å²) >= 11 is 7.69. The van der Waals surface area contributed by atoms with Crippen molar-refractivity contribution < 1.29 is 4.79 Å². The van der Waals surface area contributed by atoms with Crippen LogP contribution in [-0.2, 0) is 0 Å². The number of carbonyl (C=O) groups excluding carboxylic acids is 1. The summed E-state index contributed by atoms with van der Waals surface area (Å²) in [5, 5.41) is 3.14. The van der Waals surface area contributed by atoms with E-state index in [1.165, 1.54) is 6.42 Å². The van der Waals surface area contributed by atoms with Crippen molar-refractivity contribution in [3.63, 3.8) is 0 Å². The predicted molar refractivity (Wildman–Crippen MR) is 80.2 cm³/mol. The molecule has 2 rings (SSSR count). The largest absolute Gasteiger partial charge is 0.349 e. The Labute approximate surface area is 122 Å². The third kappa shape index (κ3) is 2.91. The van der Waals surface area contributed by atoms with Crippen molar-refractivity contribution >= 4 is 34.5 Å². The van der Waals surface area contributed by atoms with E-state index < -0.39 is 0 Å². The molecule has 1 N–H and O–H groups in total. The number of hydrogen-bond acceptors (Lipinski definition) is 2. The molecule has 1 aliphatic rings. The third-order valence-electron chi connectivity index (χ3n) is 3.98. The van der Waals surface area contributed by atoms with E-state index in [1.807, 2.05) is 12.1 Å². The summed E-state index contributed by atoms with van der Waals surface area (Å²) in [6.45, 7) is 4.47. The number of thiol groups is 1. The van der Waals surface area contributed by atoms with Crippen LogP contribution in [0, 0.1) is 11.8 Å². The molecule has 0 aromatic heterocycles. The first kappa shape index (κ1) is 13.9. The maximum atomic E-state index is 12.3. The number of rotatable bonds is 2. The van der Waals surface area contributed by atoms with Crippen molar-refractivity contribution in [2.75, 3.05) is 0 Å². The summed E-state index contributed by atoms with van der Waals surface area (Å²) in [5.74, 6) is 1.23. The fourth-order valence-corrected chi connectivity index (χ4v) is 3.13. The number of carbonyl (C=O) groups is 1. The van der Waals surface area contributed by atoms with E-state index in [9.17, 15) is 4.79 Å². The van der Waals surface area contributed by atoms with Gasteiger partial charge in [0, 0.05) is 15.4 Å². The molecular formula is C14H18BrNOS. The maximum absolute atomic E-state index is 12.3. The quantitative estimate of drug-likeness (QED) is 0.792. The zero-order valence-corrected chi connectivity index (χ0v) is 13.1. The second-order valence-corrected chi connectivity index (χ2v) is 6.53. The molecule has 0 heterocycles. The average Bonchev–Trinajstić information content (AvgIpc) is 2.64. The van der Waals surface area contributed by atoms with Gasteiger partial charge in [0.25, 0.3) is 5.91 Å². The van der Waals surface area contributed by atoms with Crippen LogP contribution in [0.5, 0.6) is 0 Å². The zero-order chi connectivity index (χ0) is 13.3. The molecule has 1 aromatic carbocycles. The van der Waals surface area contributed by atoms with Crippen molar-refractivity contribution in [1.82, 2.24) is 5.32 Å². The van der Waals surface area contributed by atoms with Gasteiger partial charge in [0.05, 0.1) is 5.56 Å². The Hall–Kier alpha value is -0.480. The summed E-state index contributed by atoms with van der Waals surface area (Å²) < 4.78 is 0.816. The fourth-order valence-electron chi connectivity index (χ4n) is 2.50. The molecule has 1 amide bonds. The smallest absolute Gasteiger partial charge is 0.252 e. The van der Waals surface area contributed by atoms with Crippen LogP contribution in [0.3, 0.4) is 0 Å². The Balaban J connectivity index is 2.10. The Bertz CT molecular complexity index is 463. The molecule has 1 aromatic rings. The zero-order valence-electron chi connectivity index (χ0n) is 10.6. The van der Waals surface area contributed by atoms with E-state index in [0.717, 1.165) is 15.8 Å². The van der Waals surface area contributed by atoms with Crippen molar-refractivity contribution in [3.05, 3.63) is 28.2 Å². The second-order valence-electron chi connectivity index (χ2n) is 5.16. The molecule has 18 heavy (non-hydrogen) atoms. The van der Waals surface area contributed by atoms with Crippen LogP contribution in [0.2, 0.25) is 0 Å². The van der Waals surface area contributed by atoms with Crippen LogP contribution < -0.4 is 5.32 Å². The summed E-state index contributed by atoms with van der Waals surface area (Å²) in [4.78, 5) is 13.1. The summed E-state index contributed by atoms with van der Waals surface area (Å²) in [5.41, 5.74) is 0.661. The Morgan fingerprint density at radius 1 is 1.39 bits per heavy atom. The second kappa shape index (κ2) is 5.66. The van der Waals surface area contributed by atoms with Crippen LogP contribution in [-0.4, -0.2) is 11.9 Å². The van der Waals surface area contributed by atoms with Crippen molar-refractivity contribution in [3.8, 4) is 0 Å². The van der Waals surface area contributed by atoms with E-state index in [4.69, 9.17) is 0 Å². The lowest BCUT2D eigenvalue weighted by molar-refractivity contribution is 0.0926. The summed E-state index contributed by atoms with van der Waals surface area (Å²) in [6, 6.07) is 5.82. The van der Waals surface area contributed by atoms with Gasteiger partial charge < -0.3 is 5.32 Å². The van der Waals surface area contributed by atoms with E-state index >= 15 is 0 Å². The van der Waals surface area contributed by atoms with E-state index in [-0.39, 0.29) is 5.91 Å². The van der Waals surface area contributed by atoms with E-state index in [1.54, 1.807) is 6.07 Å². The highest BCUT2D eigenvalue weighted by molar-refractivity contribution is 9.10. The van der Waals surface area contributed by atoms with Gasteiger partial charge in [-0.3, -0.25) is 4.79 Å². The van der Waals surface area contributed by atoms with Crippen molar-refractivity contribution in [2.45, 2.75) is 37.6 Å². The third-order valence-corrected chi connectivity index (χ3v) is 4.95. The molecule has 0 radical (unpaired) electrons. The summed E-state index contributed by atoms with van der Waals surface area (Å²) in [6.07, 6.45) is 2.27. The SMILES string of the molecule is CC1CCC(NC(=O)c2cc(S)ccc2Br)C1C. The first-order chi connectivity index (χ1) is 8.49. The normalized spacial score (nSPS) is 27.2. The van der Waals surface area contributed by atoms with Gasteiger partial charge in [0.1, 0.15) is 0 Å². The molecule has 1 saturated carbocycles. The first-order valence-electron chi connectivity index (χ1n) is 6.28. The molecule has 4 heteroatoms. The van der Waals surface area contributed by atoms with Gasteiger partial charge in [-0.2, -0.15) is 0 Å². The molecule has 3 atom stereocenters. The number of benzene rings is 1. The van der Waals surface area contributed by atoms with Gasteiger partial charge in [0.2, 0.25) is 0 Å². The van der Waals surface area contributed by atoms with Gasteiger partial charge >= 0.3 is 0 Å². The highest BCUT2D eigenvalue weighted by Gasteiger charge is 2.31. The highest BCUT2D eigenvalue weighted by Crippen LogP contribution is 2.31. The lowest BCUT2D eigenvalue weighted by Crippen LogP contribution is -2.37. The molecular weight excluding hydrogens is 310 g/mol. The van der Waals surface area contributed by atoms with Crippen LogP contribution in [0.25, 0.3) is 0 Å². The minimum Gasteiger partial charge on any atom is -0.349 e. The van der Waals surface area contributed by atoms with Gasteiger partial charge in [-0.25, -0.2) is 0 Å². The fraction of sp³-hybridized carbons (Fsp3) is 0.500. The maximum Gasteiger partial charge on any atom is 0.252 e. The van der Waals surface area contributed by atoms with Crippen LogP contribution >= 0.6 is 28.6 Å². The Morgan fingerprint density at radius 3 is 2.72 bits per heavy atom. The topological polar surface area (TPSA) is 29.1 Å². The Morgan fingerprint density at radius 2 is 2.11 bits per heavy atom. The highest BCUT2D eigenvalue weighted by atomic mass is 79.9. The van der Waals surface area contributed by atoms with Gasteiger partial charge in [-0.1, -0.05) is 13.8 Å². The number of amides is 1. The molecule has 2 nitrogen and oxygen atoms in total. The molecule has 1 fully saturated rings. The number of halogens is 1. The Kier molecular flexibility index (Phi) is 4.38. The standard InChI is InChI=1S/C14H18BrNOS/c1-8-3-6-13(9(8)2)16-14(17)11-7-10(18)4-5-12(11)15/h4-5,7-9,13,18H,3,6H2,1-2H3,(H,16,17). The number of nitrogens with one attached hydrogen (secondary N) is 1. The monoisotopic (exact) mass is 327 g/mol. The van der Waals surface area contributed by atoms with Crippen LogP contribution in [0.4, 0.5) is 0 Å². The predicted octanol–water partition coefficient (Wildman–Crippen LogP) is 3.90. The minimum atomic E-state index is -0.0104. The van der Waals surface area contributed by atoms with Crippen molar-refractivity contribution in [2.24, 2.45) is 11.8 Å². The summed E-state index contributed by atoms with van der Waals surface area (Å²) in [7, 11) is 0. The minimum absolute atomic E-state index is 0.0104. The number of hydrogen-bond donors (Lipinski definition) is 2. The molecule has 0 aliphatic heterocycles. The van der Waals surface area contributed by atoms with Crippen LogP contribution in [0.15, 0.2) is 27.6 Å². The van der Waals surface area contributed by atoms with Crippen LogP contribution in [0.1, 0.15) is 37.0 Å². The molecule has 0 spiro atoms. The van der Waals surface area contributed by atoms with Gasteiger partial charge in [0.15, 0.2) is 0 Å². The lowest BCUT2D eigenvalue weighted by Gasteiger charge is -2.20. The molecule has 1 aliphatic carbocycles. The van der Waals surface area contributed by atoms with Gasteiger partial charge in [-0.05, 0) is 58.8 Å². The molecule has 3 unspecified atom stereocenters. The van der Waals surface area contributed by atoms with Crippen molar-refractivity contribution in [1.29, 1.82) is 0 Å².